The van der Waals surface area contributed by atoms with Gasteiger partial charge in [-0.15, -0.1) is 12.4 Å². The first-order chi connectivity index (χ1) is 11.8. The van der Waals surface area contributed by atoms with Gasteiger partial charge in [0.1, 0.15) is 5.75 Å². The van der Waals surface area contributed by atoms with Gasteiger partial charge >= 0.3 is 0 Å². The fourth-order valence-electron chi connectivity index (χ4n) is 3.76. The largest absolute Gasteiger partial charge is 0.470 e. The Bertz CT molecular complexity index is 583. The third kappa shape index (κ3) is 5.62. The van der Waals surface area contributed by atoms with E-state index in [0.717, 1.165) is 29.8 Å². The van der Waals surface area contributed by atoms with Gasteiger partial charge in [-0.2, -0.15) is 0 Å². The Morgan fingerprint density at radius 2 is 1.88 bits per heavy atom. The Labute approximate surface area is 165 Å². The third-order valence-electron chi connectivity index (χ3n) is 5.31. The fraction of sp³-hybridized carbons (Fsp3) is 0.667. The van der Waals surface area contributed by atoms with Gasteiger partial charge in [0.25, 0.3) is 0 Å². The number of aryl methyl sites for hydroxylation is 3. The summed E-state index contributed by atoms with van der Waals surface area (Å²) < 4.78 is 6.27. The van der Waals surface area contributed by atoms with Crippen LogP contribution < -0.4 is 4.74 Å². The van der Waals surface area contributed by atoms with Crippen molar-refractivity contribution < 1.29 is 9.53 Å². The van der Waals surface area contributed by atoms with E-state index in [4.69, 9.17) is 4.74 Å². The molecule has 1 aliphatic heterocycles. The standard InChI is InChI=1S/C21H34N2O2.ClH/c1-7-20(25-21-16(3)12-15(2)13-17(21)4)22(6)19(24)14-23-11-9-8-10-18(23)5;/h12-13,18,20H,7-11,14H2,1-6H3;1H. The summed E-state index contributed by atoms with van der Waals surface area (Å²) in [5.41, 5.74) is 3.49. The van der Waals surface area contributed by atoms with Crippen LogP contribution in [0.4, 0.5) is 0 Å². The second kappa shape index (κ2) is 10.2. The molecule has 4 nitrogen and oxygen atoms in total. The molecule has 0 aliphatic carbocycles. The summed E-state index contributed by atoms with van der Waals surface area (Å²) >= 11 is 0. The number of nitrogens with zero attached hydrogens (tertiary/aromatic N) is 2. The number of hydrogen-bond donors (Lipinski definition) is 0. The Morgan fingerprint density at radius 1 is 1.27 bits per heavy atom. The molecule has 2 atom stereocenters. The number of carbonyl (C=O) groups excluding carboxylic acids is 1. The molecule has 1 saturated heterocycles. The molecule has 0 saturated carbocycles. The van der Waals surface area contributed by atoms with Crippen molar-refractivity contribution in [2.75, 3.05) is 20.1 Å². The predicted molar refractivity (Wildman–Crippen MR) is 110 cm³/mol. The van der Waals surface area contributed by atoms with Crippen LogP contribution in [0, 0.1) is 20.8 Å². The number of halogens is 1. The zero-order chi connectivity index (χ0) is 18.6. The summed E-state index contributed by atoms with van der Waals surface area (Å²) in [6, 6.07) is 4.76. The highest BCUT2D eigenvalue weighted by molar-refractivity contribution is 5.85. The third-order valence-corrected chi connectivity index (χ3v) is 5.31. The number of likely N-dealkylation sites (tertiary alicyclic amines) is 1. The van der Waals surface area contributed by atoms with Crippen LogP contribution in [-0.2, 0) is 4.79 Å². The summed E-state index contributed by atoms with van der Waals surface area (Å²) in [4.78, 5) is 16.9. The first kappa shape index (κ1) is 22.8. The molecular formula is C21H35ClN2O2. The molecule has 1 heterocycles. The molecular weight excluding hydrogens is 348 g/mol. The van der Waals surface area contributed by atoms with Gasteiger partial charge in [0, 0.05) is 19.5 Å². The molecule has 2 unspecified atom stereocenters. The monoisotopic (exact) mass is 382 g/mol. The molecule has 0 N–H and O–H groups in total. The van der Waals surface area contributed by atoms with Gasteiger partial charge in [0.05, 0.1) is 6.54 Å². The van der Waals surface area contributed by atoms with E-state index >= 15 is 0 Å². The highest BCUT2D eigenvalue weighted by Gasteiger charge is 2.26. The van der Waals surface area contributed by atoms with Crippen LogP contribution >= 0.6 is 12.4 Å². The van der Waals surface area contributed by atoms with Crippen molar-refractivity contribution in [3.63, 3.8) is 0 Å². The first-order valence-corrected chi connectivity index (χ1v) is 9.57. The summed E-state index contributed by atoms with van der Waals surface area (Å²) in [6.45, 7) is 12.0. The zero-order valence-corrected chi connectivity index (χ0v) is 18.0. The maximum atomic E-state index is 12.8. The average Bonchev–Trinajstić information content (AvgIpc) is 2.55. The second-order valence-electron chi connectivity index (χ2n) is 7.53. The number of piperidine rings is 1. The molecule has 2 rings (SSSR count). The van der Waals surface area contributed by atoms with Crippen LogP contribution in [-0.4, -0.2) is 48.1 Å². The van der Waals surface area contributed by atoms with Crippen molar-refractivity contribution in [3.05, 3.63) is 28.8 Å². The van der Waals surface area contributed by atoms with Gasteiger partial charge in [-0.05, 0) is 58.2 Å². The van der Waals surface area contributed by atoms with Crippen LogP contribution in [0.15, 0.2) is 12.1 Å². The summed E-state index contributed by atoms with van der Waals surface area (Å²) in [7, 11) is 1.87. The first-order valence-electron chi connectivity index (χ1n) is 9.57. The van der Waals surface area contributed by atoms with E-state index in [1.807, 2.05) is 7.05 Å². The molecule has 0 aromatic heterocycles. The number of benzene rings is 1. The zero-order valence-electron chi connectivity index (χ0n) is 17.2. The molecule has 148 valence electrons. The molecule has 1 amide bonds. The fourth-order valence-corrected chi connectivity index (χ4v) is 3.76. The summed E-state index contributed by atoms with van der Waals surface area (Å²) in [6.07, 6.45) is 4.19. The Balaban J connectivity index is 0.00000338. The number of likely N-dealkylation sites (N-methyl/N-ethyl adjacent to an activating group) is 1. The molecule has 5 heteroatoms. The quantitative estimate of drug-likeness (QED) is 0.680. The molecule has 0 bridgehead atoms. The lowest BCUT2D eigenvalue weighted by Gasteiger charge is -2.35. The Hall–Kier alpha value is -1.26. The number of rotatable bonds is 6. The molecule has 26 heavy (non-hydrogen) atoms. The molecule has 1 aliphatic rings. The lowest BCUT2D eigenvalue weighted by molar-refractivity contribution is -0.139. The minimum Gasteiger partial charge on any atom is -0.470 e. The van der Waals surface area contributed by atoms with E-state index < -0.39 is 0 Å². The van der Waals surface area contributed by atoms with Crippen molar-refractivity contribution in [2.45, 2.75) is 72.6 Å². The van der Waals surface area contributed by atoms with Gasteiger partial charge in [-0.25, -0.2) is 0 Å². The van der Waals surface area contributed by atoms with E-state index in [1.165, 1.54) is 24.8 Å². The smallest absolute Gasteiger partial charge is 0.239 e. The van der Waals surface area contributed by atoms with E-state index in [9.17, 15) is 4.79 Å². The van der Waals surface area contributed by atoms with Crippen LogP contribution in [0.3, 0.4) is 0 Å². The maximum Gasteiger partial charge on any atom is 0.239 e. The van der Waals surface area contributed by atoms with Gasteiger partial charge in [0.15, 0.2) is 6.23 Å². The van der Waals surface area contributed by atoms with Gasteiger partial charge < -0.3 is 9.64 Å². The maximum absolute atomic E-state index is 12.8. The van der Waals surface area contributed by atoms with Gasteiger partial charge in [-0.1, -0.05) is 31.0 Å². The topological polar surface area (TPSA) is 32.8 Å². The summed E-state index contributed by atoms with van der Waals surface area (Å²) in [5.74, 6) is 1.05. The van der Waals surface area contributed by atoms with E-state index in [1.54, 1.807) is 4.90 Å². The highest BCUT2D eigenvalue weighted by atomic mass is 35.5. The Morgan fingerprint density at radius 3 is 2.42 bits per heavy atom. The minimum atomic E-state index is -0.229. The van der Waals surface area contributed by atoms with Crippen molar-refractivity contribution in [3.8, 4) is 5.75 Å². The van der Waals surface area contributed by atoms with E-state index in [-0.39, 0.29) is 24.5 Å². The predicted octanol–water partition coefficient (Wildman–Crippen LogP) is 4.48. The summed E-state index contributed by atoms with van der Waals surface area (Å²) in [5, 5.41) is 0. The van der Waals surface area contributed by atoms with Crippen LogP contribution in [0.25, 0.3) is 0 Å². The average molecular weight is 383 g/mol. The van der Waals surface area contributed by atoms with Crippen molar-refractivity contribution >= 4 is 18.3 Å². The molecule has 0 radical (unpaired) electrons. The lowest BCUT2D eigenvalue weighted by atomic mass is 10.0. The number of hydrogen-bond acceptors (Lipinski definition) is 3. The number of ether oxygens (including phenoxy) is 1. The highest BCUT2D eigenvalue weighted by Crippen LogP contribution is 2.27. The molecule has 1 aromatic carbocycles. The molecule has 1 fully saturated rings. The van der Waals surface area contributed by atoms with Crippen molar-refractivity contribution in [1.29, 1.82) is 0 Å². The minimum absolute atomic E-state index is 0. The Kier molecular flexibility index (Phi) is 8.91. The van der Waals surface area contributed by atoms with Crippen molar-refractivity contribution in [1.82, 2.24) is 9.80 Å². The van der Waals surface area contributed by atoms with Crippen LogP contribution in [0.2, 0.25) is 0 Å². The van der Waals surface area contributed by atoms with E-state index in [2.05, 4.69) is 51.7 Å². The molecule has 0 spiro atoms. The lowest BCUT2D eigenvalue weighted by Crippen LogP contribution is -2.48. The second-order valence-corrected chi connectivity index (χ2v) is 7.53. The molecule has 1 aromatic rings. The van der Waals surface area contributed by atoms with Gasteiger partial charge in [0.2, 0.25) is 5.91 Å². The van der Waals surface area contributed by atoms with Gasteiger partial charge in [-0.3, -0.25) is 9.69 Å². The van der Waals surface area contributed by atoms with Crippen LogP contribution in [0.5, 0.6) is 5.75 Å². The number of amides is 1. The van der Waals surface area contributed by atoms with Crippen molar-refractivity contribution in [2.24, 2.45) is 0 Å². The normalized spacial score (nSPS) is 18.8. The van der Waals surface area contributed by atoms with Crippen LogP contribution in [0.1, 0.15) is 56.2 Å². The van der Waals surface area contributed by atoms with E-state index in [0.29, 0.717) is 12.6 Å². The number of carbonyl (C=O) groups is 1. The SMILES string of the molecule is CCC(Oc1c(C)cc(C)cc1C)N(C)C(=O)CN1CCCCC1C.Cl.